The number of aromatic amines is 4. The van der Waals surface area contributed by atoms with Crippen molar-refractivity contribution < 1.29 is 113 Å². The van der Waals surface area contributed by atoms with Gasteiger partial charge in [-0.3, -0.25) is 19.6 Å². The van der Waals surface area contributed by atoms with Crippen LogP contribution in [0, 0.1) is 6.33 Å². The van der Waals surface area contributed by atoms with E-state index < -0.39 is 28.4 Å². The maximum atomic E-state index is 11.4. The van der Waals surface area contributed by atoms with Crippen LogP contribution in [-0.4, -0.2) is 45.3 Å². The number of H-pyrrole nitrogens is 4. The predicted octanol–water partition coefficient (Wildman–Crippen LogP) is -9.70. The Kier molecular flexibility index (Phi) is 11.4. The fourth-order valence-electron chi connectivity index (χ4n) is 1.77. The summed E-state index contributed by atoms with van der Waals surface area (Å²) in [6.45, 7) is 0. The van der Waals surface area contributed by atoms with E-state index in [-0.39, 0.29) is 136 Å². The number of nitrogens with two attached hydrogens (primary N) is 1. The summed E-state index contributed by atoms with van der Waals surface area (Å²) in [4.78, 5) is 66.5. The van der Waals surface area contributed by atoms with Crippen molar-refractivity contribution in [3.8, 4) is 6.01 Å². The molecule has 0 fully saturated rings. The van der Waals surface area contributed by atoms with E-state index in [2.05, 4.69) is 36.2 Å². The van der Waals surface area contributed by atoms with Crippen molar-refractivity contribution >= 4 is 28.0 Å². The topological polar surface area (TPSA) is 262 Å². The first kappa shape index (κ1) is 27.9. The normalized spacial score (nSPS) is 9.38. The average molecular weight is 452 g/mol. The van der Waals surface area contributed by atoms with Crippen LogP contribution >= 0.6 is 0 Å². The Hall–Kier alpha value is -1.13. The van der Waals surface area contributed by atoms with E-state index in [9.17, 15) is 24.3 Å². The second kappa shape index (κ2) is 11.9. The molecule has 0 amide bonds. The number of fused-ring (bicyclic) bond motifs is 2. The average Bonchev–Trinajstić information content (AvgIpc) is 2.58. The Balaban J connectivity index is 0.000000569. The van der Waals surface area contributed by atoms with Gasteiger partial charge >= 0.3 is 108 Å². The molecule has 4 rings (SSSR count). The first-order chi connectivity index (χ1) is 12.3. The molecule has 140 valence electrons. The van der Waals surface area contributed by atoms with Gasteiger partial charge in [-0.1, -0.05) is 0 Å². The van der Waals surface area contributed by atoms with Crippen LogP contribution in [0.2, 0.25) is 0 Å². The van der Waals surface area contributed by atoms with Crippen LogP contribution in [0.15, 0.2) is 25.4 Å². The molecule has 0 unspecified atom stereocenters. The Morgan fingerprint density at radius 1 is 0.897 bits per heavy atom. The second-order valence-electron chi connectivity index (χ2n) is 4.64. The van der Waals surface area contributed by atoms with Gasteiger partial charge in [-0.15, -0.1) is 0 Å². The molecular formula is C12H8K2N9O6-. The van der Waals surface area contributed by atoms with Crippen LogP contribution < -0.4 is 136 Å². The minimum atomic E-state index is -0.844. The molecule has 0 saturated heterocycles. The Morgan fingerprint density at radius 3 is 2.14 bits per heavy atom. The molecule has 0 aromatic carbocycles. The maximum Gasteiger partial charge on any atom is 1.00 e. The summed E-state index contributed by atoms with van der Waals surface area (Å²) in [5.41, 5.74) is 2.21. The molecule has 0 bridgehead atoms. The molecule has 0 aliphatic heterocycles. The van der Waals surface area contributed by atoms with E-state index in [1.165, 1.54) is 0 Å². The van der Waals surface area contributed by atoms with Crippen LogP contribution in [0.25, 0.3) is 22.3 Å². The van der Waals surface area contributed by atoms with Crippen molar-refractivity contribution in [2.24, 2.45) is 0 Å². The molecule has 0 spiro atoms. The van der Waals surface area contributed by atoms with Gasteiger partial charge in [0.05, 0.1) is 17.2 Å². The van der Waals surface area contributed by atoms with Crippen molar-refractivity contribution in [2.75, 3.05) is 5.73 Å². The molecular weight excluding hydrogens is 444 g/mol. The van der Waals surface area contributed by atoms with E-state index in [1.807, 2.05) is 9.97 Å². The summed E-state index contributed by atoms with van der Waals surface area (Å²) in [6, 6.07) is -0.844. The van der Waals surface area contributed by atoms with Crippen molar-refractivity contribution in [3.05, 3.63) is 54.1 Å². The first-order valence-electron chi connectivity index (χ1n) is 6.68. The van der Waals surface area contributed by atoms with Gasteiger partial charge in [0.2, 0.25) is 0 Å². The molecule has 4 heterocycles. The van der Waals surface area contributed by atoms with E-state index in [0.717, 1.165) is 6.20 Å². The van der Waals surface area contributed by atoms with Crippen LogP contribution in [-0.2, 0) is 0 Å². The number of anilines is 1. The first-order valence-corrected chi connectivity index (χ1v) is 6.68. The third kappa shape index (κ3) is 6.68. The van der Waals surface area contributed by atoms with Gasteiger partial charge in [-0.25, -0.2) is 14.8 Å². The van der Waals surface area contributed by atoms with E-state index >= 15 is 0 Å². The van der Waals surface area contributed by atoms with E-state index in [1.54, 1.807) is 0 Å². The zero-order chi connectivity index (χ0) is 18.8. The summed E-state index contributed by atoms with van der Waals surface area (Å²) in [6.07, 6.45) is 3.37. The van der Waals surface area contributed by atoms with Crippen molar-refractivity contribution in [1.82, 2.24) is 39.9 Å². The minimum Gasteiger partial charge on any atom is -0.870 e. The molecule has 4 aromatic rings. The molecule has 17 heteroatoms. The van der Waals surface area contributed by atoms with E-state index in [4.69, 9.17) is 5.73 Å². The maximum absolute atomic E-state index is 11.4. The molecule has 15 nitrogen and oxygen atoms in total. The molecule has 4 aromatic heterocycles. The van der Waals surface area contributed by atoms with Crippen molar-refractivity contribution in [1.29, 1.82) is 0 Å². The SMILES string of the molecule is Nc1c[nH]c(=O)[nH]c1=O.O=c1[nH][c-]nc2nc3c(=O)[nH]c([O-])nc3nc12.[K+].[K+].[OH-]. The molecule has 29 heavy (non-hydrogen) atoms. The van der Waals surface area contributed by atoms with Gasteiger partial charge in [-0.05, 0) is 0 Å². The molecule has 7 N–H and O–H groups in total. The number of rotatable bonds is 0. The molecule has 0 saturated carbocycles. The van der Waals surface area contributed by atoms with Gasteiger partial charge in [0.15, 0.2) is 16.7 Å². The zero-order valence-corrected chi connectivity index (χ0v) is 21.2. The number of aromatic nitrogens is 8. The van der Waals surface area contributed by atoms with Crippen molar-refractivity contribution in [2.45, 2.75) is 0 Å². The van der Waals surface area contributed by atoms with Crippen LogP contribution in [0.4, 0.5) is 5.69 Å². The fraction of sp³-hybridized carbons (Fsp3) is 0. The predicted molar refractivity (Wildman–Crippen MR) is 86.2 cm³/mol. The van der Waals surface area contributed by atoms with Crippen LogP contribution in [0.5, 0.6) is 6.01 Å². The largest absolute Gasteiger partial charge is 1.00 e. The number of nitrogens with zero attached hydrogens (tertiary/aromatic N) is 4. The Labute approximate surface area is 243 Å². The van der Waals surface area contributed by atoms with Gasteiger partial charge in [0.1, 0.15) is 5.69 Å². The summed E-state index contributed by atoms with van der Waals surface area (Å²) in [7, 11) is 0. The number of hydrogen-bond acceptors (Lipinski definition) is 11. The quantitative estimate of drug-likeness (QED) is 0.0949. The van der Waals surface area contributed by atoms with Gasteiger partial charge < -0.3 is 41.0 Å². The smallest absolute Gasteiger partial charge is 0.870 e. The third-order valence-corrected chi connectivity index (χ3v) is 2.90. The Morgan fingerprint density at radius 2 is 1.52 bits per heavy atom. The van der Waals surface area contributed by atoms with Crippen LogP contribution in [0.1, 0.15) is 0 Å². The standard InChI is InChI=1S/C8H3N6O3.C4H5N3O2.2K.H2O/c15-6-2-4(9-1-10-6)11-3-5(12-2)13-8(17)14-7(3)16;5-2-1-6-4(9)7-3(2)8;;;/h(H,9,10,11,15)(H2,12,13,14,16,17);1H,5H2,(H2,6,7,8,9);;;1H2/q-1;;2*+1;/p-2. The molecule has 0 aliphatic rings. The number of hydrogen-bond donors (Lipinski definition) is 5. The van der Waals surface area contributed by atoms with E-state index in [0.29, 0.717) is 0 Å². The van der Waals surface area contributed by atoms with Crippen LogP contribution in [0.3, 0.4) is 0 Å². The molecule has 0 aliphatic carbocycles. The summed E-state index contributed by atoms with van der Waals surface area (Å²) in [5.74, 6) is 0. The van der Waals surface area contributed by atoms with Crippen molar-refractivity contribution in [3.63, 3.8) is 0 Å². The second-order valence-corrected chi connectivity index (χ2v) is 4.64. The van der Waals surface area contributed by atoms with Gasteiger partial charge in [0.25, 0.3) is 11.1 Å². The fourth-order valence-corrected chi connectivity index (χ4v) is 1.77. The van der Waals surface area contributed by atoms with Gasteiger partial charge in [-0.2, -0.15) is 0 Å². The minimum absolute atomic E-state index is 0. The summed E-state index contributed by atoms with van der Waals surface area (Å²) >= 11 is 0. The number of nitrogens with one attached hydrogen (secondary N) is 4. The van der Waals surface area contributed by atoms with Gasteiger partial charge in [0, 0.05) is 12.5 Å². The number of nitrogen functional groups attached to an aromatic ring is 1. The summed E-state index contributed by atoms with van der Waals surface area (Å²) < 4.78 is 0. The Bertz CT molecular complexity index is 1360. The summed E-state index contributed by atoms with van der Waals surface area (Å²) in [5, 5.41) is 11.0. The third-order valence-electron chi connectivity index (χ3n) is 2.90. The monoisotopic (exact) mass is 452 g/mol. The zero-order valence-electron chi connectivity index (χ0n) is 14.9. The molecule has 0 atom stereocenters. The molecule has 0 radical (unpaired) electrons.